The van der Waals surface area contributed by atoms with Crippen molar-refractivity contribution >= 4 is 5.91 Å². The van der Waals surface area contributed by atoms with Crippen LogP contribution in [0.2, 0.25) is 0 Å². The SMILES string of the molecule is CC(C)C[C@H](NCCC1OCC(C)(C)CO1)C(=O)N[C@H]1[C@@H](OCc2ccccc2)O[C@H](COCc2ccccc2)[C@@H](OCc2ccccc2)[C@@H]1OCc1ccccc1. The van der Waals surface area contributed by atoms with E-state index in [1.54, 1.807) is 0 Å². The average molecular weight is 795 g/mol. The summed E-state index contributed by atoms with van der Waals surface area (Å²) < 4.78 is 45.5. The van der Waals surface area contributed by atoms with Gasteiger partial charge in [0.05, 0.1) is 52.3 Å². The summed E-state index contributed by atoms with van der Waals surface area (Å²) in [6, 6.07) is 38.8. The summed E-state index contributed by atoms with van der Waals surface area (Å²) >= 11 is 0. The van der Waals surface area contributed by atoms with Crippen LogP contribution in [0.25, 0.3) is 0 Å². The number of hydrogen-bond donors (Lipinski definition) is 2. The third kappa shape index (κ3) is 13.8. The second-order valence-corrected chi connectivity index (χ2v) is 16.5. The van der Waals surface area contributed by atoms with Crippen molar-refractivity contribution < 1.29 is 38.0 Å². The Kier molecular flexibility index (Phi) is 16.9. The Labute approximate surface area is 344 Å². The number of ether oxygens (including phenoxy) is 7. The molecule has 2 saturated heterocycles. The largest absolute Gasteiger partial charge is 0.374 e. The fourth-order valence-corrected chi connectivity index (χ4v) is 7.17. The van der Waals surface area contributed by atoms with Crippen LogP contribution in [-0.2, 0) is 64.4 Å². The molecule has 0 saturated carbocycles. The number of amides is 1. The molecule has 2 heterocycles. The first-order valence-electron chi connectivity index (χ1n) is 20.7. The maximum atomic E-state index is 14.6. The van der Waals surface area contributed by atoms with Gasteiger partial charge in [0.15, 0.2) is 12.6 Å². The van der Waals surface area contributed by atoms with Crippen LogP contribution in [0, 0.1) is 11.3 Å². The van der Waals surface area contributed by atoms with Gasteiger partial charge < -0.3 is 43.8 Å². The molecule has 6 rings (SSSR count). The first kappa shape index (κ1) is 43.6. The molecule has 0 aliphatic carbocycles. The Balaban J connectivity index is 1.27. The zero-order valence-electron chi connectivity index (χ0n) is 34.5. The summed E-state index contributed by atoms with van der Waals surface area (Å²) in [5, 5.41) is 6.89. The molecule has 10 heteroatoms. The first-order chi connectivity index (χ1) is 28.2. The van der Waals surface area contributed by atoms with Gasteiger partial charge in [-0.25, -0.2) is 0 Å². The van der Waals surface area contributed by atoms with Crippen LogP contribution in [0.15, 0.2) is 121 Å². The van der Waals surface area contributed by atoms with Crippen molar-refractivity contribution in [1.29, 1.82) is 0 Å². The van der Waals surface area contributed by atoms with E-state index in [9.17, 15) is 4.79 Å². The van der Waals surface area contributed by atoms with E-state index in [1.165, 1.54) is 0 Å². The van der Waals surface area contributed by atoms with Crippen LogP contribution >= 0.6 is 0 Å². The van der Waals surface area contributed by atoms with Gasteiger partial charge in [-0.2, -0.15) is 0 Å². The second-order valence-electron chi connectivity index (χ2n) is 16.5. The van der Waals surface area contributed by atoms with E-state index in [4.69, 9.17) is 33.2 Å². The number of benzene rings is 4. The summed E-state index contributed by atoms with van der Waals surface area (Å²) in [6.07, 6.45) is -1.87. The molecule has 312 valence electrons. The highest BCUT2D eigenvalue weighted by Gasteiger charge is 2.49. The van der Waals surface area contributed by atoms with Crippen molar-refractivity contribution in [1.82, 2.24) is 10.6 Å². The van der Waals surface area contributed by atoms with E-state index in [0.29, 0.717) is 45.8 Å². The summed E-state index contributed by atoms with van der Waals surface area (Å²) in [7, 11) is 0. The topological polar surface area (TPSA) is 106 Å². The van der Waals surface area contributed by atoms with Gasteiger partial charge >= 0.3 is 0 Å². The van der Waals surface area contributed by atoms with Gasteiger partial charge in [0.1, 0.15) is 24.4 Å². The maximum absolute atomic E-state index is 14.6. The lowest BCUT2D eigenvalue weighted by Crippen LogP contribution is -2.67. The lowest BCUT2D eigenvalue weighted by atomic mass is 9.94. The van der Waals surface area contributed by atoms with Crippen molar-refractivity contribution in [3.8, 4) is 0 Å². The number of carbonyl (C=O) groups is 1. The molecule has 10 nitrogen and oxygen atoms in total. The number of carbonyl (C=O) groups excluding carboxylic acids is 1. The highest BCUT2D eigenvalue weighted by molar-refractivity contribution is 5.82. The van der Waals surface area contributed by atoms with Crippen molar-refractivity contribution in [3.05, 3.63) is 144 Å². The minimum absolute atomic E-state index is 0.0139. The Bertz CT molecular complexity index is 1740. The van der Waals surface area contributed by atoms with Crippen molar-refractivity contribution in [3.63, 3.8) is 0 Å². The molecule has 0 aromatic heterocycles. The maximum Gasteiger partial charge on any atom is 0.237 e. The minimum Gasteiger partial charge on any atom is -0.374 e. The highest BCUT2D eigenvalue weighted by Crippen LogP contribution is 2.30. The fraction of sp³-hybridized carbons (Fsp3) is 0.479. The Morgan fingerprint density at radius 1 is 0.690 bits per heavy atom. The third-order valence-corrected chi connectivity index (χ3v) is 10.3. The number of rotatable bonds is 21. The number of nitrogens with one attached hydrogen (secondary N) is 2. The van der Waals surface area contributed by atoms with Gasteiger partial charge in [-0.3, -0.25) is 4.79 Å². The quantitative estimate of drug-likeness (QED) is 0.0883. The molecular weight excluding hydrogens is 733 g/mol. The van der Waals surface area contributed by atoms with Crippen LogP contribution in [-0.4, -0.2) is 75.2 Å². The molecule has 2 aliphatic heterocycles. The molecule has 2 fully saturated rings. The lowest BCUT2D eigenvalue weighted by molar-refractivity contribution is -0.293. The van der Waals surface area contributed by atoms with Gasteiger partial charge in [-0.15, -0.1) is 0 Å². The minimum atomic E-state index is -0.890. The van der Waals surface area contributed by atoms with Crippen LogP contribution in [0.3, 0.4) is 0 Å². The molecule has 58 heavy (non-hydrogen) atoms. The van der Waals surface area contributed by atoms with Gasteiger partial charge in [-0.05, 0) is 34.6 Å². The molecule has 2 N–H and O–H groups in total. The smallest absolute Gasteiger partial charge is 0.237 e. The molecule has 0 unspecified atom stereocenters. The summed E-state index contributed by atoms with van der Waals surface area (Å²) in [4.78, 5) is 14.6. The molecule has 0 spiro atoms. The van der Waals surface area contributed by atoms with E-state index in [-0.39, 0.29) is 43.4 Å². The summed E-state index contributed by atoms with van der Waals surface area (Å²) in [5.74, 6) is 0.0771. The van der Waals surface area contributed by atoms with Crippen LogP contribution in [0.5, 0.6) is 0 Å². The average Bonchev–Trinajstić information content (AvgIpc) is 3.24. The molecule has 0 bridgehead atoms. The van der Waals surface area contributed by atoms with E-state index in [0.717, 1.165) is 22.3 Å². The zero-order chi connectivity index (χ0) is 40.6. The molecule has 2 aliphatic rings. The van der Waals surface area contributed by atoms with Gasteiger partial charge in [0, 0.05) is 18.4 Å². The highest BCUT2D eigenvalue weighted by atomic mass is 16.7. The second kappa shape index (κ2) is 22.4. The molecule has 4 aromatic rings. The van der Waals surface area contributed by atoms with E-state index < -0.39 is 36.7 Å². The molecule has 6 atom stereocenters. The monoisotopic (exact) mass is 794 g/mol. The zero-order valence-corrected chi connectivity index (χ0v) is 34.5. The molecular formula is C48H62N2O8. The van der Waals surface area contributed by atoms with Gasteiger partial charge in [0.2, 0.25) is 5.91 Å². The summed E-state index contributed by atoms with van der Waals surface area (Å²) in [6.45, 7) is 11.8. The van der Waals surface area contributed by atoms with Gasteiger partial charge in [0.25, 0.3) is 0 Å². The van der Waals surface area contributed by atoms with Crippen molar-refractivity contribution in [2.75, 3.05) is 26.4 Å². The first-order valence-corrected chi connectivity index (χ1v) is 20.7. The van der Waals surface area contributed by atoms with E-state index >= 15 is 0 Å². The molecule has 4 aromatic carbocycles. The van der Waals surface area contributed by atoms with E-state index in [1.807, 2.05) is 121 Å². The third-order valence-electron chi connectivity index (χ3n) is 10.3. The van der Waals surface area contributed by atoms with Crippen LogP contribution in [0.4, 0.5) is 0 Å². The fourth-order valence-electron chi connectivity index (χ4n) is 7.17. The van der Waals surface area contributed by atoms with Crippen molar-refractivity contribution in [2.24, 2.45) is 11.3 Å². The summed E-state index contributed by atoms with van der Waals surface area (Å²) in [5.41, 5.74) is 4.02. The molecule has 1 amide bonds. The Morgan fingerprint density at radius 2 is 1.17 bits per heavy atom. The van der Waals surface area contributed by atoms with E-state index in [2.05, 4.69) is 38.3 Å². The number of hydrogen-bond acceptors (Lipinski definition) is 9. The predicted molar refractivity (Wildman–Crippen MR) is 223 cm³/mol. The van der Waals surface area contributed by atoms with Gasteiger partial charge in [-0.1, -0.05) is 149 Å². The van der Waals surface area contributed by atoms with Crippen LogP contribution < -0.4 is 10.6 Å². The standard InChI is InChI=1S/C48H62N2O8/c1-35(2)27-40(49-26-25-42-56-33-48(3,4)34-57-42)46(51)50-43-45(54-30-38-21-13-7-14-22-38)44(53-29-37-19-11-6-12-20-37)41(32-52-28-36-17-9-5-10-18-36)58-47(43)55-31-39-23-15-8-16-24-39/h5-24,35,40-45,47,49H,25-34H2,1-4H3,(H,50,51)/t40-,41+,43+,44+,45+,47-/m0/s1. The van der Waals surface area contributed by atoms with Crippen LogP contribution in [0.1, 0.15) is 62.8 Å². The normalized spacial score (nSPS) is 22.7. The lowest BCUT2D eigenvalue weighted by Gasteiger charge is -2.46. The Hall–Kier alpha value is -3.97. The molecule has 0 radical (unpaired) electrons. The predicted octanol–water partition coefficient (Wildman–Crippen LogP) is 7.59. The van der Waals surface area contributed by atoms with Crippen molar-refractivity contribution in [2.45, 2.75) is 110 Å². The Morgan fingerprint density at radius 3 is 1.69 bits per heavy atom.